The van der Waals surface area contributed by atoms with Gasteiger partial charge in [0.25, 0.3) is 0 Å². The van der Waals surface area contributed by atoms with Gasteiger partial charge >= 0.3 is 0 Å². The third kappa shape index (κ3) is 26.0. The van der Waals surface area contributed by atoms with E-state index in [0.29, 0.717) is 50.5 Å². The molecule has 0 spiro atoms. The Labute approximate surface area is 814 Å². The van der Waals surface area contributed by atoms with Gasteiger partial charge in [-0.1, -0.05) is 270 Å². The molecule has 5 aliphatic rings. The molecule has 5 fully saturated rings. The van der Waals surface area contributed by atoms with Gasteiger partial charge in [0.2, 0.25) is 0 Å². The molecule has 5 saturated heterocycles. The first-order valence-electron chi connectivity index (χ1n) is 63.7. The maximum Gasteiger partial charge on any atom is 0.115 e. The molecule has 0 aliphatic carbocycles. The van der Waals surface area contributed by atoms with Crippen LogP contribution in [0, 0.1) is 0 Å². The predicted molar refractivity (Wildman–Crippen MR) is 503 cm³/mol. The fraction of sp³-hybridized carbons (Fsp3) is 0.429. The largest absolute Gasteiger partial charge is 0.366 e. The van der Waals surface area contributed by atoms with Crippen LogP contribution in [0.5, 0.6) is 0 Å². The summed E-state index contributed by atoms with van der Waals surface area (Å²) in [7, 11) is 7.35. The highest BCUT2D eigenvalue weighted by Crippen LogP contribution is 2.41. The van der Waals surface area contributed by atoms with E-state index in [1.165, 1.54) is 109 Å². The summed E-state index contributed by atoms with van der Waals surface area (Å²) in [6.07, 6.45) is -15.8. The van der Waals surface area contributed by atoms with Gasteiger partial charge in [-0.3, -0.25) is 0 Å². The molecule has 10 atom stereocenters. The Morgan fingerprint density at radius 2 is 0.650 bits per heavy atom. The van der Waals surface area contributed by atoms with Crippen LogP contribution in [0.2, 0.25) is 25.1 Å². The van der Waals surface area contributed by atoms with Crippen molar-refractivity contribution in [2.45, 2.75) is 188 Å². The lowest BCUT2D eigenvalue weighted by atomic mass is 9.88. The first-order valence-corrected chi connectivity index (χ1v) is 40.6. The van der Waals surface area contributed by atoms with Crippen molar-refractivity contribution in [3.8, 4) is 0 Å². The first kappa shape index (κ1) is 47.5. The fourth-order valence-electron chi connectivity index (χ4n) is 13.5. The summed E-state index contributed by atoms with van der Waals surface area (Å²) in [5.74, 6) is 0. The number of hydrogen-bond donors (Lipinski definition) is 0. The lowest BCUT2D eigenvalue weighted by molar-refractivity contribution is -0.0119. The molecule has 15 heteroatoms. The minimum Gasteiger partial charge on any atom is -0.366 e. The Kier molecular flexibility index (Phi) is 18.3. The van der Waals surface area contributed by atoms with Crippen molar-refractivity contribution in [1.29, 1.82) is 0 Å². The molecule has 0 unspecified atom stereocenters. The van der Waals surface area contributed by atoms with E-state index in [-0.39, 0.29) is 68.4 Å². The average Bonchev–Trinajstić information content (AvgIpc) is 1.49. The zero-order valence-corrected chi connectivity index (χ0v) is 70.7. The highest BCUT2D eigenvalue weighted by molar-refractivity contribution is 6.31. The van der Waals surface area contributed by atoms with Gasteiger partial charge in [0.15, 0.2) is 0 Å². The van der Waals surface area contributed by atoms with Crippen molar-refractivity contribution in [1.82, 2.24) is 24.5 Å². The predicted octanol–water partition coefficient (Wildman–Crippen LogP) is 25.5. The third-order valence-electron chi connectivity index (χ3n) is 20.5. The van der Waals surface area contributed by atoms with Crippen molar-refractivity contribution in [2.75, 3.05) is 101 Å². The Bertz CT molecular complexity index is 6950. The number of nitrogens with zero attached hydrogens (tertiary/aromatic N) is 5. The normalized spacial score (nSPS) is 32.0. The summed E-state index contributed by atoms with van der Waals surface area (Å²) >= 11 is 29.9. The van der Waals surface area contributed by atoms with Gasteiger partial charge in [0, 0.05) is 133 Å². The van der Waals surface area contributed by atoms with Crippen LogP contribution in [0.15, 0.2) is 273 Å². The first-order chi connectivity index (χ1) is 77.6. The molecule has 5 aliphatic heterocycles. The molecular formula is C105H130Cl5N5O5. The minimum atomic E-state index is -3.87. The number of ether oxygens (including phenoxy) is 5. The van der Waals surface area contributed by atoms with E-state index in [4.69, 9.17) is 150 Å². The van der Waals surface area contributed by atoms with Gasteiger partial charge < -0.3 is 48.2 Å². The second kappa shape index (κ2) is 46.3. The van der Waals surface area contributed by atoms with Gasteiger partial charge in [0.05, 0.1) is 23.3 Å². The molecule has 0 bridgehead atoms. The molecular weight excluding hydrogens is 1590 g/mol. The van der Waals surface area contributed by atoms with E-state index in [0.717, 1.165) is 59.3 Å². The Morgan fingerprint density at radius 1 is 0.333 bits per heavy atom. The van der Waals surface area contributed by atoms with Crippen LogP contribution in [0.1, 0.15) is 254 Å². The second-order valence-corrected chi connectivity index (χ2v) is 30.7. The van der Waals surface area contributed by atoms with Crippen molar-refractivity contribution in [2.24, 2.45) is 0 Å². The van der Waals surface area contributed by atoms with Crippen molar-refractivity contribution in [3.63, 3.8) is 0 Å². The third-order valence-corrected chi connectivity index (χ3v) is 21.7. The summed E-state index contributed by atoms with van der Waals surface area (Å²) in [4.78, 5) is 6.56. The quantitative estimate of drug-likeness (QED) is 0.0435. The monoisotopic (exact) mass is 1770 g/mol. The van der Waals surface area contributed by atoms with Gasteiger partial charge in [-0.05, 0) is 314 Å². The molecule has 10 nitrogen and oxygen atoms in total. The molecule has 0 amide bonds. The lowest BCUT2D eigenvalue weighted by Crippen LogP contribution is -2.31. The molecule has 640 valence electrons. The van der Waals surface area contributed by atoms with Gasteiger partial charge in [-0.15, -0.1) is 0 Å². The summed E-state index contributed by atoms with van der Waals surface area (Å²) in [6, 6.07) is 40.2. The van der Waals surface area contributed by atoms with Gasteiger partial charge in [-0.2, -0.15) is 0 Å². The van der Waals surface area contributed by atoms with E-state index >= 15 is 0 Å². The van der Waals surface area contributed by atoms with Gasteiger partial charge in [0.1, 0.15) is 28.0 Å². The highest BCUT2D eigenvalue weighted by Gasteiger charge is 2.37. The molecule has 10 aromatic rings. The van der Waals surface area contributed by atoms with Crippen molar-refractivity contribution in [3.05, 3.63) is 354 Å². The zero-order chi connectivity index (χ0) is 129. The van der Waals surface area contributed by atoms with E-state index in [1.54, 1.807) is 121 Å². The molecule has 120 heavy (non-hydrogen) atoms. The fourth-order valence-corrected chi connectivity index (χ4v) is 14.1. The Hall–Kier alpha value is -6.75. The van der Waals surface area contributed by atoms with E-state index in [2.05, 4.69) is 9.80 Å². The minimum absolute atomic E-state index is 0.0142. The molecule has 0 radical (unpaired) electrons. The SMILES string of the molecule is [2H]C([2H])(C[C@H]1CCCN1C)O[C@](c1ccccc1)(c1ccc(Cl)cc1)C([2H])([2H])[2H].[2H]C([2H])(C[C@]1([2H])N(C)C([2H])([2H])C([2H])([2H])C1([2H])[2H])O[C@](c1ccccc1)(c1ccc(Cl)cc1)C([2H])([2H])[2H].[2H]C([2H])(O[C@](c1ccccc1)(c1ccc(Cl)cc1)C([2H])([2H])[2H])C([2H])([2H])[C@H]1CCCN1C.[2H]C([2H])(O[C@](c1ccccc1)(c1ccc(Cl)cc1)C([2H])([2H])[2H])C([2H])([2H])[C@]1([2H])N(C)C([2H])([2H])C([2H])([2H])C1([2H])[2H].[2H]c1c([2H])c([2H])c([C@@](OCC[C@H]2CCCN2C)(c2c([2H])c([2H])c(Cl)c([2H])c2[2H])C([2H])([2H])[2H])c([2H])c1[2H]. The number of hydrogen-bond acceptors (Lipinski definition) is 10. The molecule has 0 saturated carbocycles. The van der Waals surface area contributed by atoms with Crippen LogP contribution in [-0.2, 0) is 51.7 Å². The van der Waals surface area contributed by atoms with Crippen LogP contribution in [0.4, 0.5) is 0 Å². The molecule has 0 aromatic heterocycles. The number of likely N-dealkylation sites (tertiary alicyclic amines) is 5. The van der Waals surface area contributed by atoms with E-state index in [1.807, 2.05) is 14.1 Å². The molecule has 5 heterocycles. The number of rotatable bonds is 30. The summed E-state index contributed by atoms with van der Waals surface area (Å²) < 4.78 is 448. The maximum atomic E-state index is 8.78. The van der Waals surface area contributed by atoms with Crippen LogP contribution in [0.3, 0.4) is 0 Å². The summed E-state index contributed by atoms with van der Waals surface area (Å²) in [5, 5.41) is 0.834. The van der Waals surface area contributed by atoms with Crippen molar-refractivity contribution < 1.29 is 92.2 Å². The van der Waals surface area contributed by atoms with E-state index < -0.39 is 235 Å². The summed E-state index contributed by atoms with van der Waals surface area (Å²) in [5.41, 5.74) is -12.9. The highest BCUT2D eigenvalue weighted by atomic mass is 35.5. The lowest BCUT2D eigenvalue weighted by Gasteiger charge is -2.32. The van der Waals surface area contributed by atoms with E-state index in [9.17, 15) is 0 Å². The molecule has 10 aromatic carbocycles. The maximum absolute atomic E-state index is 8.78. The number of benzene rings is 10. The van der Waals surface area contributed by atoms with Crippen LogP contribution in [-0.4, -0.2) is 155 Å². The Balaban J connectivity index is 0.000000199. The number of halogens is 5. The van der Waals surface area contributed by atoms with Crippen LogP contribution >= 0.6 is 58.0 Å². The second-order valence-electron chi connectivity index (χ2n) is 28.6. The average molecular weight is 1770 g/mol. The standard InChI is InChI=1S/5C21H26ClNO/c5*1-21(17-7-4-3-5-8-17,18-10-12-19(22)13-11-18)24-16-14-20-9-6-15-23(20)2/h5*3-5,7-8,10-13,20H,6,9,14-16H2,1-2H3/t5*20-,21-/m11111/s1/i1D3,3D,4D,5D,7D,8D,10D,11D,12D,13D;1D3,6D2,9D2,14D2,15D2,16D2,20D;1D3,6D2,9D2,15D2,16D2,20D;1D3,14D2,16D2;1D3,16D2. The van der Waals surface area contributed by atoms with Crippen LogP contribution < -0.4 is 0 Å². The molecule has 15 rings (SSSR count). The van der Waals surface area contributed by atoms with Crippen LogP contribution in [0.25, 0.3) is 0 Å². The van der Waals surface area contributed by atoms with Gasteiger partial charge in [-0.25, -0.2) is 0 Å². The zero-order valence-electron chi connectivity index (χ0n) is 117. The smallest absolute Gasteiger partial charge is 0.115 e. The summed E-state index contributed by atoms with van der Waals surface area (Å²) in [6.45, 7) is -31.1. The molecule has 0 N–H and O–H groups in total. The topological polar surface area (TPSA) is 62.4 Å². The Morgan fingerprint density at radius 3 is 1.00 bits per heavy atom. The van der Waals surface area contributed by atoms with Crippen molar-refractivity contribution >= 4 is 58.0 Å².